The molecule has 2 rings (SSSR count). The molecule has 32 heavy (non-hydrogen) atoms. The molecule has 1 heterocycles. The van der Waals surface area contributed by atoms with Crippen LogP contribution in [-0.4, -0.2) is 58.2 Å². The van der Waals surface area contributed by atoms with Crippen LogP contribution in [0.2, 0.25) is 0 Å². The molecular formula is C25H39NO6. The number of hydrogen-bond acceptors (Lipinski definition) is 6. The summed E-state index contributed by atoms with van der Waals surface area (Å²) in [6.45, 7) is 10.2. The van der Waals surface area contributed by atoms with Crippen LogP contribution < -0.4 is 5.32 Å². The molecule has 7 atom stereocenters. The molecule has 0 saturated carbocycles. The van der Waals surface area contributed by atoms with E-state index in [1.54, 1.807) is 0 Å². The second-order valence-electron chi connectivity index (χ2n) is 9.78. The number of rotatable bonds is 9. The lowest BCUT2D eigenvalue weighted by Gasteiger charge is -2.42. The molecule has 1 amide bonds. The first-order valence-corrected chi connectivity index (χ1v) is 11.4. The van der Waals surface area contributed by atoms with Gasteiger partial charge in [0.2, 0.25) is 0 Å². The molecule has 4 N–H and O–H groups in total. The zero-order valence-corrected chi connectivity index (χ0v) is 20.0. The summed E-state index contributed by atoms with van der Waals surface area (Å²) in [5.74, 6) is -1.09. The number of amides is 1. The van der Waals surface area contributed by atoms with Crippen molar-refractivity contribution >= 4 is 11.9 Å². The van der Waals surface area contributed by atoms with Gasteiger partial charge in [0.1, 0.15) is 0 Å². The second kappa shape index (κ2) is 10.8. The van der Waals surface area contributed by atoms with Crippen LogP contribution in [0.3, 0.4) is 0 Å². The lowest BCUT2D eigenvalue weighted by Crippen LogP contribution is -2.53. The minimum absolute atomic E-state index is 0.0686. The lowest BCUT2D eigenvalue weighted by atomic mass is 9.63. The number of hydrogen-bond donors (Lipinski definition) is 4. The largest absolute Gasteiger partial charge is 0.466 e. The quantitative estimate of drug-likeness (QED) is 0.244. The Hall–Kier alpha value is -1.96. The first-order valence-electron chi connectivity index (χ1n) is 11.4. The first kappa shape index (κ1) is 26.3. The summed E-state index contributed by atoms with van der Waals surface area (Å²) in [5.41, 5.74) is 0.563. The number of carbonyl (C=O) groups excluding carboxylic acids is 2. The fourth-order valence-corrected chi connectivity index (χ4v) is 4.98. The number of methoxy groups -OCH3 is 1. The molecule has 0 aromatic heterocycles. The van der Waals surface area contributed by atoms with Crippen molar-refractivity contribution in [3.63, 3.8) is 0 Å². The molecule has 1 aliphatic carbocycles. The smallest absolute Gasteiger partial charge is 0.330 e. The van der Waals surface area contributed by atoms with Crippen LogP contribution in [0.15, 0.2) is 35.5 Å². The Morgan fingerprint density at radius 2 is 2.00 bits per heavy atom. The number of ether oxygens (including phenoxy) is 1. The molecule has 0 unspecified atom stereocenters. The van der Waals surface area contributed by atoms with Crippen molar-refractivity contribution in [1.29, 1.82) is 0 Å². The third kappa shape index (κ3) is 5.69. The van der Waals surface area contributed by atoms with E-state index in [0.29, 0.717) is 12.3 Å². The molecule has 7 heteroatoms. The summed E-state index contributed by atoms with van der Waals surface area (Å²) in [6, 6.07) is -0.0686. The Kier molecular flexibility index (Phi) is 8.85. The van der Waals surface area contributed by atoms with E-state index >= 15 is 0 Å². The molecule has 7 nitrogen and oxygen atoms in total. The summed E-state index contributed by atoms with van der Waals surface area (Å²) in [5, 5.41) is 34.9. The number of aliphatic hydroxyl groups excluding tert-OH is 2. The van der Waals surface area contributed by atoms with Gasteiger partial charge in [0.05, 0.1) is 19.3 Å². The van der Waals surface area contributed by atoms with E-state index in [1.807, 2.05) is 26.0 Å². The highest BCUT2D eigenvalue weighted by molar-refractivity contribution is 5.90. The highest BCUT2D eigenvalue weighted by Gasteiger charge is 2.60. The van der Waals surface area contributed by atoms with Gasteiger partial charge in [-0.2, -0.15) is 0 Å². The van der Waals surface area contributed by atoms with Crippen molar-refractivity contribution in [2.45, 2.75) is 77.7 Å². The highest BCUT2D eigenvalue weighted by Crippen LogP contribution is 2.48. The molecule has 0 aromatic rings. The summed E-state index contributed by atoms with van der Waals surface area (Å²) < 4.78 is 4.47. The van der Waals surface area contributed by atoms with Crippen molar-refractivity contribution in [3.05, 3.63) is 35.5 Å². The zero-order valence-electron chi connectivity index (χ0n) is 20.0. The molecule has 0 bridgehead atoms. The van der Waals surface area contributed by atoms with Crippen LogP contribution in [0.4, 0.5) is 0 Å². The van der Waals surface area contributed by atoms with Gasteiger partial charge in [0.15, 0.2) is 5.60 Å². The van der Waals surface area contributed by atoms with Crippen LogP contribution in [0.25, 0.3) is 0 Å². The summed E-state index contributed by atoms with van der Waals surface area (Å²) in [6.07, 6.45) is 5.48. The molecular weight excluding hydrogens is 410 g/mol. The standard InChI is InChI=1S/C25H39NO6/c1-14(2)11-19-23-17(5)16(4)13-18(25(23,31)24(30)26-19)12-15(3)7-8-20(27)21(28)9-10-22(29)32-6/h9-10,12-14,17-21,23,27-28,31H,7-8,11H2,1-6H3,(H,26,30)/b10-9+,15-12+/t17-,18+,19-,20-,21+,23-,25-/m0/s1. The molecule has 0 radical (unpaired) electrons. The van der Waals surface area contributed by atoms with Gasteiger partial charge in [-0.25, -0.2) is 4.79 Å². The van der Waals surface area contributed by atoms with Crippen molar-refractivity contribution in [2.24, 2.45) is 23.7 Å². The number of nitrogens with one attached hydrogen (secondary N) is 1. The third-order valence-electron chi connectivity index (χ3n) is 6.88. The lowest BCUT2D eigenvalue weighted by molar-refractivity contribution is -0.143. The van der Waals surface area contributed by atoms with Crippen LogP contribution in [0.5, 0.6) is 0 Å². The van der Waals surface area contributed by atoms with E-state index < -0.39 is 29.7 Å². The molecule has 1 aliphatic heterocycles. The van der Waals surface area contributed by atoms with Gasteiger partial charge in [-0.1, -0.05) is 44.1 Å². The van der Waals surface area contributed by atoms with Crippen LogP contribution in [-0.2, 0) is 14.3 Å². The highest BCUT2D eigenvalue weighted by atomic mass is 16.5. The van der Waals surface area contributed by atoms with E-state index in [9.17, 15) is 24.9 Å². The maximum Gasteiger partial charge on any atom is 0.330 e. The third-order valence-corrected chi connectivity index (χ3v) is 6.88. The van der Waals surface area contributed by atoms with Gasteiger partial charge in [-0.05, 0) is 51.0 Å². The second-order valence-corrected chi connectivity index (χ2v) is 9.78. The average molecular weight is 450 g/mol. The average Bonchev–Trinajstić information content (AvgIpc) is 2.98. The Balaban J connectivity index is 2.15. The molecule has 2 aliphatic rings. The molecule has 180 valence electrons. The topological polar surface area (TPSA) is 116 Å². The van der Waals surface area contributed by atoms with E-state index in [1.165, 1.54) is 13.2 Å². The molecule has 0 spiro atoms. The Morgan fingerprint density at radius 3 is 2.59 bits per heavy atom. The van der Waals surface area contributed by atoms with Crippen molar-refractivity contribution in [3.8, 4) is 0 Å². The fourth-order valence-electron chi connectivity index (χ4n) is 4.98. The summed E-state index contributed by atoms with van der Waals surface area (Å²) in [7, 11) is 1.24. The SMILES string of the molecule is COC(=O)/C=C/[C@@H](O)[C@@H](O)CC/C(C)=C/[C@@H]1C=C(C)[C@H](C)[C@H]2[C@H](CC(C)C)NC(=O)[C@@]21O. The molecule has 1 fully saturated rings. The maximum absolute atomic E-state index is 12.9. The number of aliphatic hydroxyl groups is 3. The van der Waals surface area contributed by atoms with Crippen LogP contribution in [0, 0.1) is 23.7 Å². The maximum atomic E-state index is 12.9. The minimum atomic E-state index is -1.50. The number of carbonyl (C=O) groups is 2. The number of fused-ring (bicyclic) bond motifs is 1. The Bertz CT molecular complexity index is 785. The van der Waals surface area contributed by atoms with Gasteiger partial charge in [-0.3, -0.25) is 4.79 Å². The van der Waals surface area contributed by atoms with Gasteiger partial charge >= 0.3 is 5.97 Å². The zero-order chi connectivity index (χ0) is 24.2. The Labute approximate surface area is 191 Å². The monoisotopic (exact) mass is 449 g/mol. The van der Waals surface area contributed by atoms with E-state index in [4.69, 9.17) is 0 Å². The van der Waals surface area contributed by atoms with E-state index in [2.05, 4.69) is 30.8 Å². The van der Waals surface area contributed by atoms with Crippen LogP contribution >= 0.6 is 0 Å². The van der Waals surface area contributed by atoms with E-state index in [-0.39, 0.29) is 30.2 Å². The first-order chi connectivity index (χ1) is 14.9. The fraction of sp³-hybridized carbons (Fsp3) is 0.680. The van der Waals surface area contributed by atoms with Crippen molar-refractivity contribution < 1.29 is 29.6 Å². The van der Waals surface area contributed by atoms with Gasteiger partial charge in [0.25, 0.3) is 5.91 Å². The normalized spacial score (nSPS) is 32.5. The Morgan fingerprint density at radius 1 is 1.34 bits per heavy atom. The van der Waals surface area contributed by atoms with Crippen molar-refractivity contribution in [1.82, 2.24) is 5.32 Å². The number of esters is 1. The summed E-state index contributed by atoms with van der Waals surface area (Å²) >= 11 is 0. The van der Waals surface area contributed by atoms with Crippen molar-refractivity contribution in [2.75, 3.05) is 7.11 Å². The van der Waals surface area contributed by atoms with Gasteiger partial charge < -0.3 is 25.4 Å². The molecule has 1 saturated heterocycles. The number of allylic oxidation sites excluding steroid dienone is 2. The molecule has 0 aromatic carbocycles. The van der Waals surface area contributed by atoms with Gasteiger partial charge in [-0.15, -0.1) is 0 Å². The predicted molar refractivity (Wildman–Crippen MR) is 122 cm³/mol. The van der Waals surface area contributed by atoms with Crippen LogP contribution in [0.1, 0.15) is 53.9 Å². The minimum Gasteiger partial charge on any atom is -0.466 e. The van der Waals surface area contributed by atoms with Gasteiger partial charge in [0, 0.05) is 24.0 Å². The van der Waals surface area contributed by atoms with E-state index in [0.717, 1.165) is 23.6 Å². The predicted octanol–water partition coefficient (Wildman–Crippen LogP) is 2.27. The summed E-state index contributed by atoms with van der Waals surface area (Å²) in [4.78, 5) is 24.1.